The van der Waals surface area contributed by atoms with Crippen molar-refractivity contribution in [2.24, 2.45) is 0 Å². The van der Waals surface area contributed by atoms with Crippen molar-refractivity contribution in [2.45, 2.75) is 0 Å². The molecule has 1 N–H and O–H groups in total. The molecule has 5 nitrogen and oxygen atoms in total. The normalized spacial score (nSPS) is 10.3. The maximum absolute atomic E-state index is 13.0. The van der Waals surface area contributed by atoms with Crippen molar-refractivity contribution in [1.82, 2.24) is 0 Å². The van der Waals surface area contributed by atoms with Gasteiger partial charge in [-0.3, -0.25) is 14.9 Å². The third-order valence-corrected chi connectivity index (χ3v) is 5.53. The molecule has 20 heavy (non-hydrogen) atoms. The Morgan fingerprint density at radius 2 is 2.05 bits per heavy atom. The van der Waals surface area contributed by atoms with Crippen molar-refractivity contribution >= 4 is 60.5 Å². The number of anilines is 1. The Morgan fingerprint density at radius 3 is 2.60 bits per heavy atom. The molecule has 0 saturated heterocycles. The number of amides is 1. The zero-order valence-corrected chi connectivity index (χ0v) is 13.5. The second-order valence-corrected chi connectivity index (χ2v) is 6.83. The lowest BCUT2D eigenvalue weighted by Gasteiger charge is -2.04. The molecule has 2 rings (SSSR count). The van der Waals surface area contributed by atoms with Crippen LogP contribution < -0.4 is 5.32 Å². The van der Waals surface area contributed by atoms with E-state index in [9.17, 15) is 19.3 Å². The summed E-state index contributed by atoms with van der Waals surface area (Å²) in [4.78, 5) is 22.4. The molecule has 9 heteroatoms. The molecule has 1 aromatic carbocycles. The molecular formula is C11H5Br2FN2O3S. The third kappa shape index (κ3) is 3.22. The summed E-state index contributed by atoms with van der Waals surface area (Å²) in [5, 5.41) is 13.2. The van der Waals surface area contributed by atoms with Crippen LogP contribution in [0.3, 0.4) is 0 Å². The monoisotopic (exact) mass is 422 g/mol. The van der Waals surface area contributed by atoms with Gasteiger partial charge in [-0.2, -0.15) is 0 Å². The van der Waals surface area contributed by atoms with E-state index in [1.54, 1.807) is 6.07 Å². The molecule has 1 amide bonds. The molecule has 0 saturated carbocycles. The zero-order valence-electron chi connectivity index (χ0n) is 9.52. The average molecular weight is 424 g/mol. The highest BCUT2D eigenvalue weighted by atomic mass is 79.9. The Labute approximate surface area is 133 Å². The van der Waals surface area contributed by atoms with Crippen LogP contribution in [0.4, 0.5) is 15.8 Å². The maximum atomic E-state index is 13.0. The topological polar surface area (TPSA) is 72.2 Å². The lowest BCUT2D eigenvalue weighted by atomic mass is 10.2. The molecule has 0 unspecified atom stereocenters. The highest BCUT2D eigenvalue weighted by Crippen LogP contribution is 2.33. The summed E-state index contributed by atoms with van der Waals surface area (Å²) in [5.74, 6) is -1.24. The van der Waals surface area contributed by atoms with Crippen molar-refractivity contribution in [2.75, 3.05) is 5.32 Å². The fourth-order valence-corrected chi connectivity index (χ4v) is 3.33. The molecule has 0 atom stereocenters. The largest absolute Gasteiger partial charge is 0.316 e. The Kier molecular flexibility index (Phi) is 4.51. The summed E-state index contributed by atoms with van der Waals surface area (Å²) in [6.45, 7) is 0. The summed E-state index contributed by atoms with van der Waals surface area (Å²) >= 11 is 7.67. The van der Waals surface area contributed by atoms with E-state index in [-0.39, 0.29) is 5.69 Å². The van der Waals surface area contributed by atoms with Gasteiger partial charge in [-0.1, -0.05) is 0 Å². The van der Waals surface area contributed by atoms with Crippen LogP contribution in [0.1, 0.15) is 9.67 Å². The minimum absolute atomic E-state index is 0.0537. The summed E-state index contributed by atoms with van der Waals surface area (Å²) < 4.78 is 14.4. The van der Waals surface area contributed by atoms with Crippen LogP contribution in [0.2, 0.25) is 0 Å². The Morgan fingerprint density at radius 1 is 1.35 bits per heavy atom. The van der Waals surface area contributed by atoms with E-state index in [0.717, 1.165) is 22.0 Å². The second kappa shape index (κ2) is 5.98. The number of nitro groups is 1. The van der Waals surface area contributed by atoms with E-state index in [0.29, 0.717) is 9.35 Å². The van der Waals surface area contributed by atoms with Gasteiger partial charge in [-0.25, -0.2) is 4.39 Å². The predicted molar refractivity (Wildman–Crippen MR) is 80.7 cm³/mol. The SMILES string of the molecule is O=C(Nc1ccc(F)cc1[N+](=O)[O-])c1cc(Br)c(Br)s1. The minimum atomic E-state index is -0.751. The first kappa shape index (κ1) is 15.1. The van der Waals surface area contributed by atoms with Crippen molar-refractivity contribution < 1.29 is 14.1 Å². The molecule has 0 radical (unpaired) electrons. The molecular weight excluding hydrogens is 419 g/mol. The summed E-state index contributed by atoms with van der Waals surface area (Å²) in [5.41, 5.74) is -0.546. The molecule has 1 heterocycles. The lowest BCUT2D eigenvalue weighted by Crippen LogP contribution is -2.11. The van der Waals surface area contributed by atoms with Gasteiger partial charge in [0.15, 0.2) is 0 Å². The summed E-state index contributed by atoms with van der Waals surface area (Å²) in [7, 11) is 0. The average Bonchev–Trinajstić information content (AvgIpc) is 2.71. The van der Waals surface area contributed by atoms with Crippen molar-refractivity contribution in [1.29, 1.82) is 0 Å². The van der Waals surface area contributed by atoms with Gasteiger partial charge in [-0.05, 0) is 50.1 Å². The quantitative estimate of drug-likeness (QED) is 0.580. The number of rotatable bonds is 3. The van der Waals surface area contributed by atoms with E-state index in [1.807, 2.05) is 0 Å². The van der Waals surface area contributed by atoms with E-state index >= 15 is 0 Å². The Hall–Kier alpha value is -1.32. The number of thiophene rings is 1. The first-order valence-electron chi connectivity index (χ1n) is 5.08. The number of nitro benzene ring substituents is 1. The summed E-state index contributed by atoms with van der Waals surface area (Å²) in [6.07, 6.45) is 0. The molecule has 1 aromatic heterocycles. The van der Waals surface area contributed by atoms with Gasteiger partial charge >= 0.3 is 0 Å². The van der Waals surface area contributed by atoms with Crippen LogP contribution in [0, 0.1) is 15.9 Å². The number of nitrogens with one attached hydrogen (secondary N) is 1. The fourth-order valence-electron chi connectivity index (χ4n) is 1.40. The molecule has 0 aliphatic heterocycles. The van der Waals surface area contributed by atoms with Gasteiger partial charge in [0.1, 0.15) is 11.5 Å². The van der Waals surface area contributed by atoms with Crippen LogP contribution in [-0.4, -0.2) is 10.8 Å². The Bertz CT molecular complexity index is 685. The van der Waals surface area contributed by atoms with Crippen molar-refractivity contribution in [3.05, 3.63) is 53.3 Å². The molecule has 0 aliphatic rings. The van der Waals surface area contributed by atoms with E-state index < -0.39 is 22.3 Å². The zero-order chi connectivity index (χ0) is 14.9. The molecule has 0 aliphatic carbocycles. The van der Waals surface area contributed by atoms with Gasteiger partial charge in [0.2, 0.25) is 0 Å². The van der Waals surface area contributed by atoms with Gasteiger partial charge in [0, 0.05) is 4.47 Å². The smallest absolute Gasteiger partial charge is 0.295 e. The fraction of sp³-hybridized carbons (Fsp3) is 0. The highest BCUT2D eigenvalue weighted by molar-refractivity contribution is 9.13. The van der Waals surface area contributed by atoms with Gasteiger partial charge < -0.3 is 5.32 Å². The molecule has 0 spiro atoms. The van der Waals surface area contributed by atoms with E-state index in [2.05, 4.69) is 37.2 Å². The molecule has 0 bridgehead atoms. The van der Waals surface area contributed by atoms with E-state index in [1.165, 1.54) is 11.3 Å². The van der Waals surface area contributed by atoms with Gasteiger partial charge in [-0.15, -0.1) is 11.3 Å². The molecule has 104 valence electrons. The number of nitrogens with zero attached hydrogens (tertiary/aromatic N) is 1. The molecule has 2 aromatic rings. The number of hydrogen-bond acceptors (Lipinski definition) is 4. The van der Waals surface area contributed by atoms with Crippen LogP contribution in [0.15, 0.2) is 32.5 Å². The van der Waals surface area contributed by atoms with Crippen LogP contribution in [0.25, 0.3) is 0 Å². The van der Waals surface area contributed by atoms with Crippen LogP contribution in [-0.2, 0) is 0 Å². The first-order valence-corrected chi connectivity index (χ1v) is 7.49. The minimum Gasteiger partial charge on any atom is -0.316 e. The van der Waals surface area contributed by atoms with Crippen molar-refractivity contribution in [3.63, 3.8) is 0 Å². The first-order chi connectivity index (χ1) is 9.38. The number of carbonyl (C=O) groups excluding carboxylic acids is 1. The lowest BCUT2D eigenvalue weighted by molar-refractivity contribution is -0.384. The standard InChI is InChI=1S/C11H5Br2FN2O3S/c12-6-4-9(20-10(6)13)11(17)15-7-2-1-5(14)3-8(7)16(18)19/h1-4H,(H,15,17). The number of benzene rings is 1. The van der Waals surface area contributed by atoms with Crippen molar-refractivity contribution in [3.8, 4) is 0 Å². The second-order valence-electron chi connectivity index (χ2n) is 3.60. The molecule has 0 fully saturated rings. The van der Waals surface area contributed by atoms with Crippen LogP contribution >= 0.6 is 43.2 Å². The predicted octanol–water partition coefficient (Wildman–Crippen LogP) is 4.57. The summed E-state index contributed by atoms with van der Waals surface area (Å²) in [6, 6.07) is 4.54. The number of hydrogen-bond donors (Lipinski definition) is 1. The number of carbonyl (C=O) groups is 1. The van der Waals surface area contributed by atoms with Crippen LogP contribution in [0.5, 0.6) is 0 Å². The maximum Gasteiger partial charge on any atom is 0.295 e. The van der Waals surface area contributed by atoms with E-state index in [4.69, 9.17) is 0 Å². The number of halogens is 3. The highest BCUT2D eigenvalue weighted by Gasteiger charge is 2.19. The third-order valence-electron chi connectivity index (χ3n) is 2.27. The Balaban J connectivity index is 2.30. The van der Waals surface area contributed by atoms with Gasteiger partial charge in [0.25, 0.3) is 11.6 Å². The van der Waals surface area contributed by atoms with Gasteiger partial charge in [0.05, 0.1) is 19.7 Å².